The lowest BCUT2D eigenvalue weighted by atomic mass is 9.83. The number of benzene rings is 4. The number of carbonyl (C=O) groups is 3. The van der Waals surface area contributed by atoms with Crippen molar-refractivity contribution in [2.75, 3.05) is 29.2 Å². The molecule has 1 saturated heterocycles. The first-order valence-corrected chi connectivity index (χ1v) is 16.8. The molecule has 1 fully saturated rings. The molecule has 45 heavy (non-hydrogen) atoms. The van der Waals surface area contributed by atoms with Crippen molar-refractivity contribution in [3.05, 3.63) is 116 Å². The lowest BCUT2D eigenvalue weighted by Gasteiger charge is -2.31. The van der Waals surface area contributed by atoms with Crippen LogP contribution < -0.4 is 20.0 Å². The largest absolute Gasteiger partial charge is 0.378 e. The van der Waals surface area contributed by atoms with E-state index in [0.29, 0.717) is 21.3 Å². The summed E-state index contributed by atoms with van der Waals surface area (Å²) >= 11 is 5.67. The van der Waals surface area contributed by atoms with Gasteiger partial charge in [0.1, 0.15) is 11.8 Å². The van der Waals surface area contributed by atoms with Crippen LogP contribution in [-0.2, 0) is 20.9 Å². The highest BCUT2D eigenvalue weighted by molar-refractivity contribution is 9.10. The number of imide groups is 1. The minimum Gasteiger partial charge on any atom is -0.378 e. The zero-order chi connectivity index (χ0) is 31.4. The zero-order valence-electron chi connectivity index (χ0n) is 24.3. The third-order valence-electron chi connectivity index (χ3n) is 8.24. The van der Waals surface area contributed by atoms with E-state index in [9.17, 15) is 19.2 Å². The zero-order valence-corrected chi connectivity index (χ0v) is 27.5. The van der Waals surface area contributed by atoms with Gasteiger partial charge in [-0.15, -0.1) is 0 Å². The van der Waals surface area contributed by atoms with Gasteiger partial charge in [-0.1, -0.05) is 81.5 Å². The van der Waals surface area contributed by atoms with Crippen LogP contribution in [-0.4, -0.2) is 41.6 Å². The summed E-state index contributed by atoms with van der Waals surface area (Å²) < 4.78 is 2.28. The molecule has 0 unspecified atom stereocenters. The summed E-state index contributed by atoms with van der Waals surface area (Å²) in [4.78, 5) is 58.5. The number of hydrogen-bond acceptors (Lipinski definition) is 7. The van der Waals surface area contributed by atoms with Crippen molar-refractivity contribution in [2.24, 2.45) is 5.92 Å². The summed E-state index contributed by atoms with van der Waals surface area (Å²) in [6.45, 7) is -0.216. The number of hydrogen-bond donors (Lipinski definition) is 1. The summed E-state index contributed by atoms with van der Waals surface area (Å²) in [5.41, 5.74) is 2.96. The van der Waals surface area contributed by atoms with Gasteiger partial charge in [-0.25, -0.2) is 4.90 Å². The lowest BCUT2D eigenvalue weighted by Crippen LogP contribution is -2.33. The molecule has 0 radical (unpaired) electrons. The number of anilines is 3. The van der Waals surface area contributed by atoms with Gasteiger partial charge in [0, 0.05) is 40.7 Å². The fraction of sp³-hybridized carbons (Fsp3) is 0.176. The number of aromatic nitrogens is 1. The maximum absolute atomic E-state index is 14.1. The standard InChI is InChI=1S/C34H27BrN4O4S2/c1-37(2)24-13-8-20(9-14-24)27-28-29(32(42)39(31(28)41)25-15-10-22(35)11-16-25)44-33-30(27)45-34(43)38(33)18-26(40)36-23-12-7-19-5-3-4-6-21(19)17-23/h3-17,27-29H,18H2,1-2H3,(H,36,40)/t27-,28-,29+/m0/s1. The van der Waals surface area contributed by atoms with E-state index >= 15 is 0 Å². The Balaban J connectivity index is 1.26. The number of thiazole rings is 1. The van der Waals surface area contributed by atoms with E-state index in [1.807, 2.05) is 85.7 Å². The fourth-order valence-corrected chi connectivity index (χ4v) is 9.09. The molecule has 0 spiro atoms. The summed E-state index contributed by atoms with van der Waals surface area (Å²) in [7, 11) is 3.90. The molecule has 0 aliphatic carbocycles. The summed E-state index contributed by atoms with van der Waals surface area (Å²) in [5.74, 6) is -2.21. The highest BCUT2D eigenvalue weighted by atomic mass is 79.9. The first kappa shape index (κ1) is 29.5. The van der Waals surface area contributed by atoms with E-state index in [1.54, 1.807) is 24.3 Å². The summed E-state index contributed by atoms with van der Waals surface area (Å²) in [6, 6.07) is 28.5. The van der Waals surface area contributed by atoms with E-state index in [-0.39, 0.29) is 29.1 Å². The highest BCUT2D eigenvalue weighted by Gasteiger charge is 2.56. The molecule has 2 aliphatic rings. The Hall–Kier alpha value is -4.19. The van der Waals surface area contributed by atoms with Gasteiger partial charge in [-0.05, 0) is 64.9 Å². The second-order valence-electron chi connectivity index (χ2n) is 11.2. The number of halogens is 1. The van der Waals surface area contributed by atoms with Crippen molar-refractivity contribution in [2.45, 2.75) is 22.7 Å². The van der Waals surface area contributed by atoms with Crippen molar-refractivity contribution in [1.29, 1.82) is 0 Å². The first-order chi connectivity index (χ1) is 21.7. The Bertz CT molecular complexity index is 2040. The molecule has 5 aromatic rings. The van der Waals surface area contributed by atoms with Gasteiger partial charge in [-0.2, -0.15) is 0 Å². The van der Waals surface area contributed by atoms with E-state index in [1.165, 1.54) is 21.2 Å². The van der Waals surface area contributed by atoms with E-state index in [4.69, 9.17) is 0 Å². The quantitative estimate of drug-likeness (QED) is 0.209. The van der Waals surface area contributed by atoms with Gasteiger partial charge in [-0.3, -0.25) is 23.7 Å². The van der Waals surface area contributed by atoms with Crippen LogP contribution in [0.5, 0.6) is 0 Å². The molecular formula is C34H27BrN4O4S2. The van der Waals surface area contributed by atoms with Crippen molar-refractivity contribution in [1.82, 2.24) is 4.57 Å². The molecule has 2 aliphatic heterocycles. The molecule has 3 atom stereocenters. The molecule has 0 bridgehead atoms. The lowest BCUT2D eigenvalue weighted by molar-refractivity contribution is -0.122. The Morgan fingerprint density at radius 2 is 1.60 bits per heavy atom. The van der Waals surface area contributed by atoms with Gasteiger partial charge >= 0.3 is 4.87 Å². The normalized spacial score (nSPS) is 19.0. The molecule has 4 aromatic carbocycles. The number of amides is 3. The van der Waals surface area contributed by atoms with E-state index in [0.717, 1.165) is 37.8 Å². The number of nitrogens with zero attached hydrogens (tertiary/aromatic N) is 3. The van der Waals surface area contributed by atoms with Crippen LogP contribution >= 0.6 is 39.0 Å². The number of carbonyl (C=O) groups excluding carboxylic acids is 3. The Morgan fingerprint density at radius 1 is 0.889 bits per heavy atom. The topological polar surface area (TPSA) is 91.7 Å². The molecule has 3 amide bonds. The average molecular weight is 700 g/mol. The molecule has 7 rings (SSSR count). The average Bonchev–Trinajstić information content (AvgIpc) is 3.47. The second kappa shape index (κ2) is 11.6. The third-order valence-corrected chi connectivity index (χ3v) is 11.4. The second-order valence-corrected chi connectivity index (χ2v) is 14.3. The van der Waals surface area contributed by atoms with Gasteiger partial charge < -0.3 is 10.2 Å². The Morgan fingerprint density at radius 3 is 2.31 bits per heavy atom. The Kier molecular flexibility index (Phi) is 7.63. The third kappa shape index (κ3) is 5.28. The van der Waals surface area contributed by atoms with Crippen molar-refractivity contribution in [3.63, 3.8) is 0 Å². The van der Waals surface area contributed by atoms with E-state index in [2.05, 4.69) is 21.2 Å². The number of thioether (sulfide) groups is 1. The molecule has 1 N–H and O–H groups in total. The number of rotatable bonds is 6. The Labute approximate surface area is 275 Å². The van der Waals surface area contributed by atoms with Gasteiger partial charge in [0.15, 0.2) is 0 Å². The molecule has 226 valence electrons. The van der Waals surface area contributed by atoms with Crippen LogP contribution in [0.25, 0.3) is 10.8 Å². The van der Waals surface area contributed by atoms with Gasteiger partial charge in [0.25, 0.3) is 0 Å². The number of nitrogens with one attached hydrogen (secondary N) is 1. The summed E-state index contributed by atoms with van der Waals surface area (Å²) in [5, 5.41) is 4.77. The van der Waals surface area contributed by atoms with Crippen LogP contribution in [0.15, 0.2) is 105 Å². The van der Waals surface area contributed by atoms with Crippen LogP contribution in [0.3, 0.4) is 0 Å². The van der Waals surface area contributed by atoms with Crippen molar-refractivity contribution >= 4 is 84.6 Å². The van der Waals surface area contributed by atoms with Crippen molar-refractivity contribution < 1.29 is 14.4 Å². The van der Waals surface area contributed by atoms with Gasteiger partial charge in [0.2, 0.25) is 17.7 Å². The molecule has 1 aromatic heterocycles. The van der Waals surface area contributed by atoms with Crippen LogP contribution in [0.4, 0.5) is 17.1 Å². The molecule has 11 heteroatoms. The predicted octanol–water partition coefficient (Wildman–Crippen LogP) is 6.33. The molecule has 3 heterocycles. The number of fused-ring (bicyclic) bond motifs is 3. The van der Waals surface area contributed by atoms with E-state index < -0.39 is 17.1 Å². The monoisotopic (exact) mass is 698 g/mol. The fourth-order valence-electron chi connectivity index (χ4n) is 6.05. The van der Waals surface area contributed by atoms with Crippen LogP contribution in [0.2, 0.25) is 0 Å². The van der Waals surface area contributed by atoms with Crippen LogP contribution in [0, 0.1) is 5.92 Å². The summed E-state index contributed by atoms with van der Waals surface area (Å²) in [6.07, 6.45) is 0. The minimum absolute atomic E-state index is 0.216. The molecule has 0 saturated carbocycles. The minimum atomic E-state index is -0.754. The molecular weight excluding hydrogens is 672 g/mol. The maximum atomic E-state index is 14.1. The van der Waals surface area contributed by atoms with Crippen molar-refractivity contribution in [3.8, 4) is 0 Å². The smallest absolute Gasteiger partial charge is 0.308 e. The first-order valence-electron chi connectivity index (χ1n) is 14.3. The molecule has 8 nitrogen and oxygen atoms in total. The van der Waals surface area contributed by atoms with Crippen LogP contribution in [0.1, 0.15) is 16.4 Å². The predicted molar refractivity (Wildman–Crippen MR) is 184 cm³/mol. The highest BCUT2D eigenvalue weighted by Crippen LogP contribution is 2.54. The maximum Gasteiger partial charge on any atom is 0.308 e. The SMILES string of the molecule is CN(C)c1ccc([C@@H]2c3sc(=O)n(CC(=O)Nc4ccc5ccccc5c4)c3S[C@H]3C(=O)N(c4ccc(Br)cc4)C(=O)[C@@H]23)cc1. The van der Waals surface area contributed by atoms with Gasteiger partial charge in [0.05, 0.1) is 16.6 Å².